The Hall–Kier alpha value is -0.150. The Bertz CT molecular complexity index is 284. The van der Waals surface area contributed by atoms with Gasteiger partial charge in [-0.05, 0) is 12.3 Å². The zero-order valence-corrected chi connectivity index (χ0v) is 10.5. The van der Waals surface area contributed by atoms with Crippen LogP contribution in [0.4, 0.5) is 0 Å². The van der Waals surface area contributed by atoms with Crippen LogP contribution in [-0.2, 0) is 12.9 Å². The van der Waals surface area contributed by atoms with Gasteiger partial charge in [0.25, 0.3) is 0 Å². The van der Waals surface area contributed by atoms with Crippen molar-refractivity contribution in [2.24, 2.45) is 13.0 Å². The fraction of sp³-hybridized carbons (Fsp3) is 0.700. The Kier molecular flexibility index (Phi) is 4.82. The van der Waals surface area contributed by atoms with Gasteiger partial charge in [-0.1, -0.05) is 25.6 Å². The Balaban J connectivity index is 2.46. The van der Waals surface area contributed by atoms with Gasteiger partial charge in [-0.25, -0.2) is 4.98 Å². The van der Waals surface area contributed by atoms with Gasteiger partial charge in [0.05, 0.1) is 17.8 Å². The molecule has 14 heavy (non-hydrogen) atoms. The Labute approximate surface area is 95.1 Å². The highest BCUT2D eigenvalue weighted by molar-refractivity contribution is 7.99. The predicted molar refractivity (Wildman–Crippen MR) is 62.9 cm³/mol. The van der Waals surface area contributed by atoms with Gasteiger partial charge < -0.3 is 4.57 Å². The van der Waals surface area contributed by atoms with Gasteiger partial charge in [0, 0.05) is 12.8 Å². The van der Waals surface area contributed by atoms with E-state index in [1.54, 1.807) is 11.8 Å². The summed E-state index contributed by atoms with van der Waals surface area (Å²) in [7, 11) is 2.02. The van der Waals surface area contributed by atoms with E-state index in [4.69, 9.17) is 11.6 Å². The molecule has 0 spiro atoms. The topological polar surface area (TPSA) is 17.8 Å². The molecule has 0 saturated carbocycles. The molecule has 0 bridgehead atoms. The van der Waals surface area contributed by atoms with Crippen molar-refractivity contribution in [3.63, 3.8) is 0 Å². The number of nitrogens with zero attached hydrogens (tertiary/aromatic N) is 2. The van der Waals surface area contributed by atoms with Crippen molar-refractivity contribution in [3.8, 4) is 0 Å². The normalized spacial score (nSPS) is 11.2. The van der Waals surface area contributed by atoms with Crippen LogP contribution in [0.25, 0.3) is 0 Å². The molecule has 1 heterocycles. The molecule has 1 aromatic rings. The van der Waals surface area contributed by atoms with Crippen LogP contribution < -0.4 is 0 Å². The van der Waals surface area contributed by atoms with Gasteiger partial charge in [0.1, 0.15) is 0 Å². The molecule has 4 heteroatoms. The van der Waals surface area contributed by atoms with E-state index in [-0.39, 0.29) is 0 Å². The second kappa shape index (κ2) is 5.66. The number of aromatic nitrogens is 2. The van der Waals surface area contributed by atoms with Gasteiger partial charge in [-0.15, -0.1) is 11.6 Å². The van der Waals surface area contributed by atoms with Gasteiger partial charge in [0.2, 0.25) is 0 Å². The first-order valence-corrected chi connectivity index (χ1v) is 6.36. The molecular formula is C10H17ClN2S. The van der Waals surface area contributed by atoms with Crippen LogP contribution >= 0.6 is 23.4 Å². The zero-order valence-electron chi connectivity index (χ0n) is 8.96. The van der Waals surface area contributed by atoms with Crippen LogP contribution in [-0.4, -0.2) is 15.3 Å². The summed E-state index contributed by atoms with van der Waals surface area (Å²) in [5.74, 6) is 2.42. The molecule has 0 fully saturated rings. The number of alkyl halides is 1. The molecule has 0 unspecified atom stereocenters. The molecule has 0 aliphatic carbocycles. The zero-order chi connectivity index (χ0) is 10.6. The summed E-state index contributed by atoms with van der Waals surface area (Å²) in [5.41, 5.74) is 1.08. The van der Waals surface area contributed by atoms with E-state index >= 15 is 0 Å². The van der Waals surface area contributed by atoms with E-state index in [9.17, 15) is 0 Å². The van der Waals surface area contributed by atoms with Crippen molar-refractivity contribution in [1.29, 1.82) is 0 Å². The highest BCUT2D eigenvalue weighted by Crippen LogP contribution is 2.20. The molecule has 80 valence electrons. The summed E-state index contributed by atoms with van der Waals surface area (Å²) in [5, 5.41) is 1.07. The first-order chi connectivity index (χ1) is 6.65. The molecule has 1 rings (SSSR count). The number of hydrogen-bond acceptors (Lipinski definition) is 2. The van der Waals surface area contributed by atoms with Gasteiger partial charge in [-0.2, -0.15) is 0 Å². The summed E-state index contributed by atoms with van der Waals surface area (Å²) in [6, 6.07) is 0. The summed E-state index contributed by atoms with van der Waals surface area (Å²) in [6.07, 6.45) is 3.08. The molecule has 0 aromatic carbocycles. The number of halogens is 1. The standard InChI is InChI=1S/C10H17ClN2S/c1-8(2)4-5-14-10-12-7-9(6-11)13(10)3/h7-8H,4-6H2,1-3H3. The van der Waals surface area contributed by atoms with Gasteiger partial charge in [0.15, 0.2) is 5.16 Å². The van der Waals surface area contributed by atoms with Crippen LogP contribution in [0.5, 0.6) is 0 Å². The van der Waals surface area contributed by atoms with Crippen molar-refractivity contribution in [2.45, 2.75) is 31.3 Å². The number of rotatable bonds is 5. The summed E-state index contributed by atoms with van der Waals surface area (Å²) < 4.78 is 2.07. The Morgan fingerprint density at radius 2 is 2.29 bits per heavy atom. The third kappa shape index (κ3) is 3.21. The van der Waals surface area contributed by atoms with Gasteiger partial charge >= 0.3 is 0 Å². The van der Waals surface area contributed by atoms with E-state index in [2.05, 4.69) is 23.4 Å². The lowest BCUT2D eigenvalue weighted by Gasteiger charge is -2.05. The maximum Gasteiger partial charge on any atom is 0.167 e. The quantitative estimate of drug-likeness (QED) is 0.573. The maximum absolute atomic E-state index is 5.76. The lowest BCUT2D eigenvalue weighted by atomic mass is 10.2. The average molecular weight is 233 g/mol. The Morgan fingerprint density at radius 3 is 2.79 bits per heavy atom. The summed E-state index contributed by atoms with van der Waals surface area (Å²) in [6.45, 7) is 4.48. The third-order valence-electron chi connectivity index (χ3n) is 2.11. The van der Waals surface area contributed by atoms with E-state index < -0.39 is 0 Å². The summed E-state index contributed by atoms with van der Waals surface area (Å²) in [4.78, 5) is 4.32. The molecule has 0 N–H and O–H groups in total. The van der Waals surface area contributed by atoms with Crippen LogP contribution in [0.2, 0.25) is 0 Å². The molecule has 0 saturated heterocycles. The minimum Gasteiger partial charge on any atom is -0.325 e. The number of hydrogen-bond donors (Lipinski definition) is 0. The second-order valence-electron chi connectivity index (χ2n) is 3.76. The molecule has 0 radical (unpaired) electrons. The predicted octanol–water partition coefficient (Wildman–Crippen LogP) is 3.30. The Morgan fingerprint density at radius 1 is 1.57 bits per heavy atom. The molecule has 0 aliphatic rings. The van der Waals surface area contributed by atoms with Crippen LogP contribution in [0, 0.1) is 5.92 Å². The van der Waals surface area contributed by atoms with Crippen LogP contribution in [0.15, 0.2) is 11.4 Å². The van der Waals surface area contributed by atoms with Crippen LogP contribution in [0.1, 0.15) is 26.0 Å². The maximum atomic E-state index is 5.76. The molecule has 0 amide bonds. The van der Waals surface area contributed by atoms with E-state index in [0.29, 0.717) is 5.88 Å². The lowest BCUT2D eigenvalue weighted by Crippen LogP contribution is -1.97. The number of thioether (sulfide) groups is 1. The van der Waals surface area contributed by atoms with E-state index in [0.717, 1.165) is 22.5 Å². The monoisotopic (exact) mass is 232 g/mol. The van der Waals surface area contributed by atoms with E-state index in [1.165, 1.54) is 6.42 Å². The fourth-order valence-electron chi connectivity index (χ4n) is 1.07. The van der Waals surface area contributed by atoms with Crippen molar-refractivity contribution in [1.82, 2.24) is 9.55 Å². The third-order valence-corrected chi connectivity index (χ3v) is 3.46. The smallest absolute Gasteiger partial charge is 0.167 e. The highest BCUT2D eigenvalue weighted by atomic mass is 35.5. The first-order valence-electron chi connectivity index (χ1n) is 4.84. The molecule has 0 atom stereocenters. The van der Waals surface area contributed by atoms with Crippen molar-refractivity contribution >= 4 is 23.4 Å². The SMILES string of the molecule is CC(C)CCSc1ncc(CCl)n1C. The van der Waals surface area contributed by atoms with Crippen molar-refractivity contribution in [3.05, 3.63) is 11.9 Å². The van der Waals surface area contributed by atoms with Crippen molar-refractivity contribution < 1.29 is 0 Å². The molecule has 1 aromatic heterocycles. The molecule has 0 aliphatic heterocycles. The van der Waals surface area contributed by atoms with Crippen LogP contribution in [0.3, 0.4) is 0 Å². The first kappa shape index (κ1) is 11.9. The lowest BCUT2D eigenvalue weighted by molar-refractivity contribution is 0.630. The molecular weight excluding hydrogens is 216 g/mol. The minimum absolute atomic E-state index is 0.536. The average Bonchev–Trinajstić information content (AvgIpc) is 2.47. The summed E-state index contributed by atoms with van der Waals surface area (Å²) >= 11 is 7.56. The molecule has 2 nitrogen and oxygen atoms in total. The number of imidazole rings is 1. The fourth-order valence-corrected chi connectivity index (χ4v) is 2.53. The van der Waals surface area contributed by atoms with Gasteiger partial charge in [-0.3, -0.25) is 0 Å². The van der Waals surface area contributed by atoms with E-state index in [1.807, 2.05) is 13.2 Å². The highest BCUT2D eigenvalue weighted by Gasteiger charge is 2.05. The second-order valence-corrected chi connectivity index (χ2v) is 5.09. The largest absolute Gasteiger partial charge is 0.325 e. The minimum atomic E-state index is 0.536. The van der Waals surface area contributed by atoms with Crippen molar-refractivity contribution in [2.75, 3.05) is 5.75 Å².